The molecule has 0 radical (unpaired) electrons. The number of rotatable bonds is 2. The standard InChI is InChI=1S/C20H20N2O2/c1-24-18-5-4-14-7-10-22(11-8-16(14)12-18)20(23)17-3-2-15-6-9-21-19(15)13-17/h2-6,9,12-13,21H,7-8,10-11H2,1H3. The molecule has 122 valence electrons. The monoisotopic (exact) mass is 320 g/mol. The molecule has 2 aromatic carbocycles. The molecule has 4 nitrogen and oxygen atoms in total. The minimum absolute atomic E-state index is 0.103. The molecule has 24 heavy (non-hydrogen) atoms. The van der Waals surface area contributed by atoms with Gasteiger partial charge in [0.25, 0.3) is 5.91 Å². The van der Waals surface area contributed by atoms with Crippen LogP contribution in [-0.2, 0) is 12.8 Å². The fourth-order valence-corrected chi connectivity index (χ4v) is 3.40. The highest BCUT2D eigenvalue weighted by Crippen LogP contribution is 2.23. The van der Waals surface area contributed by atoms with Crippen LogP contribution in [0.15, 0.2) is 48.7 Å². The number of methoxy groups -OCH3 is 1. The van der Waals surface area contributed by atoms with E-state index in [0.29, 0.717) is 0 Å². The molecule has 1 aromatic heterocycles. The topological polar surface area (TPSA) is 45.3 Å². The Morgan fingerprint density at radius 2 is 1.88 bits per heavy atom. The number of aromatic amines is 1. The van der Waals surface area contributed by atoms with Crippen LogP contribution in [0.1, 0.15) is 21.5 Å². The summed E-state index contributed by atoms with van der Waals surface area (Å²) in [5, 5.41) is 1.13. The van der Waals surface area contributed by atoms with Gasteiger partial charge in [-0.3, -0.25) is 4.79 Å². The maximum atomic E-state index is 12.9. The smallest absolute Gasteiger partial charge is 0.253 e. The summed E-state index contributed by atoms with van der Waals surface area (Å²) >= 11 is 0. The molecule has 0 saturated heterocycles. The van der Waals surface area contributed by atoms with Gasteiger partial charge in [-0.1, -0.05) is 12.1 Å². The quantitative estimate of drug-likeness (QED) is 0.786. The van der Waals surface area contributed by atoms with E-state index in [2.05, 4.69) is 17.1 Å². The van der Waals surface area contributed by atoms with E-state index in [-0.39, 0.29) is 5.91 Å². The summed E-state index contributed by atoms with van der Waals surface area (Å²) in [5.41, 5.74) is 4.34. The zero-order valence-electron chi connectivity index (χ0n) is 13.7. The first-order valence-corrected chi connectivity index (χ1v) is 8.27. The molecule has 0 atom stereocenters. The van der Waals surface area contributed by atoms with Crippen molar-refractivity contribution >= 4 is 16.8 Å². The Balaban J connectivity index is 1.55. The molecule has 0 aliphatic carbocycles. The molecule has 2 heterocycles. The van der Waals surface area contributed by atoms with Gasteiger partial charge in [0.2, 0.25) is 0 Å². The number of ether oxygens (including phenoxy) is 1. The van der Waals surface area contributed by atoms with Crippen LogP contribution in [0.2, 0.25) is 0 Å². The van der Waals surface area contributed by atoms with Gasteiger partial charge < -0.3 is 14.6 Å². The van der Waals surface area contributed by atoms with E-state index in [1.165, 1.54) is 11.1 Å². The lowest BCUT2D eigenvalue weighted by molar-refractivity contribution is 0.0763. The Hall–Kier alpha value is -2.75. The minimum atomic E-state index is 0.103. The molecule has 0 spiro atoms. The molecular weight excluding hydrogens is 300 g/mol. The molecule has 3 aromatic rings. The third-order valence-corrected chi connectivity index (χ3v) is 4.80. The maximum absolute atomic E-state index is 12.9. The number of aromatic nitrogens is 1. The van der Waals surface area contributed by atoms with Crippen LogP contribution in [0.4, 0.5) is 0 Å². The summed E-state index contributed by atoms with van der Waals surface area (Å²) in [4.78, 5) is 18.0. The Morgan fingerprint density at radius 3 is 2.71 bits per heavy atom. The summed E-state index contributed by atoms with van der Waals surface area (Å²) in [5.74, 6) is 0.983. The second-order valence-electron chi connectivity index (χ2n) is 6.21. The molecule has 1 amide bonds. The van der Waals surface area contributed by atoms with Crippen LogP contribution < -0.4 is 4.74 Å². The first-order chi connectivity index (χ1) is 11.7. The number of hydrogen-bond donors (Lipinski definition) is 1. The largest absolute Gasteiger partial charge is 0.497 e. The number of amides is 1. The van der Waals surface area contributed by atoms with Crippen molar-refractivity contribution in [2.24, 2.45) is 0 Å². The number of carbonyl (C=O) groups excluding carboxylic acids is 1. The van der Waals surface area contributed by atoms with Crippen LogP contribution in [0.5, 0.6) is 5.75 Å². The number of nitrogens with one attached hydrogen (secondary N) is 1. The van der Waals surface area contributed by atoms with Gasteiger partial charge in [-0.05, 0) is 59.7 Å². The normalized spacial score (nSPS) is 14.3. The zero-order valence-corrected chi connectivity index (χ0v) is 13.7. The van der Waals surface area contributed by atoms with Crippen molar-refractivity contribution in [1.82, 2.24) is 9.88 Å². The third-order valence-electron chi connectivity index (χ3n) is 4.80. The van der Waals surface area contributed by atoms with Gasteiger partial charge in [0.05, 0.1) is 7.11 Å². The molecular formula is C20H20N2O2. The van der Waals surface area contributed by atoms with Gasteiger partial charge in [-0.2, -0.15) is 0 Å². The van der Waals surface area contributed by atoms with E-state index in [1.54, 1.807) is 7.11 Å². The second-order valence-corrected chi connectivity index (χ2v) is 6.21. The van der Waals surface area contributed by atoms with Gasteiger partial charge in [-0.25, -0.2) is 0 Å². The number of carbonyl (C=O) groups is 1. The SMILES string of the molecule is COc1ccc2c(c1)CCN(C(=O)c1ccc3cc[nH]c3c1)CC2. The molecule has 1 aliphatic rings. The van der Waals surface area contributed by atoms with Gasteiger partial charge in [0, 0.05) is 30.4 Å². The molecule has 0 bridgehead atoms. The van der Waals surface area contributed by atoms with Crippen molar-refractivity contribution in [1.29, 1.82) is 0 Å². The summed E-state index contributed by atoms with van der Waals surface area (Å²) in [7, 11) is 1.69. The van der Waals surface area contributed by atoms with E-state index in [9.17, 15) is 4.79 Å². The number of fused-ring (bicyclic) bond motifs is 2. The van der Waals surface area contributed by atoms with Crippen molar-refractivity contribution in [2.45, 2.75) is 12.8 Å². The van der Waals surface area contributed by atoms with E-state index >= 15 is 0 Å². The Labute approximate surface area is 141 Å². The number of nitrogens with zero attached hydrogens (tertiary/aromatic N) is 1. The number of hydrogen-bond acceptors (Lipinski definition) is 2. The second kappa shape index (κ2) is 6.04. The van der Waals surface area contributed by atoms with Gasteiger partial charge >= 0.3 is 0 Å². The molecule has 0 saturated carbocycles. The van der Waals surface area contributed by atoms with E-state index in [4.69, 9.17) is 4.74 Å². The van der Waals surface area contributed by atoms with E-state index < -0.39 is 0 Å². The van der Waals surface area contributed by atoms with E-state index in [0.717, 1.165) is 48.1 Å². The Morgan fingerprint density at radius 1 is 1.04 bits per heavy atom. The molecule has 1 aliphatic heterocycles. The summed E-state index contributed by atoms with van der Waals surface area (Å²) in [6.45, 7) is 1.49. The van der Waals surface area contributed by atoms with Crippen LogP contribution in [-0.4, -0.2) is 36.0 Å². The first kappa shape index (κ1) is 14.8. The average Bonchev–Trinajstić information content (AvgIpc) is 2.99. The highest BCUT2D eigenvalue weighted by Gasteiger charge is 2.20. The highest BCUT2D eigenvalue weighted by atomic mass is 16.5. The van der Waals surface area contributed by atoms with E-state index in [1.807, 2.05) is 41.4 Å². The van der Waals surface area contributed by atoms with Crippen molar-refractivity contribution in [3.8, 4) is 5.75 Å². The molecule has 4 rings (SSSR count). The van der Waals surface area contributed by atoms with Crippen LogP contribution in [0, 0.1) is 0 Å². The zero-order chi connectivity index (χ0) is 16.5. The summed E-state index contributed by atoms with van der Waals surface area (Å²) in [6, 6.07) is 14.1. The maximum Gasteiger partial charge on any atom is 0.253 e. The molecule has 0 unspecified atom stereocenters. The molecule has 0 fully saturated rings. The lowest BCUT2D eigenvalue weighted by Crippen LogP contribution is -2.33. The highest BCUT2D eigenvalue weighted by molar-refractivity contribution is 5.98. The summed E-state index contributed by atoms with van der Waals surface area (Å²) < 4.78 is 5.31. The number of benzene rings is 2. The predicted octanol–water partition coefficient (Wildman–Crippen LogP) is 3.42. The van der Waals surface area contributed by atoms with Crippen molar-refractivity contribution in [3.63, 3.8) is 0 Å². The molecule has 4 heteroatoms. The lowest BCUT2D eigenvalue weighted by Gasteiger charge is -2.20. The Bertz CT molecular complexity index is 898. The Kier molecular flexibility index (Phi) is 3.73. The number of H-pyrrole nitrogens is 1. The first-order valence-electron chi connectivity index (χ1n) is 8.27. The minimum Gasteiger partial charge on any atom is -0.497 e. The van der Waals surface area contributed by atoms with Gasteiger partial charge in [-0.15, -0.1) is 0 Å². The average molecular weight is 320 g/mol. The van der Waals surface area contributed by atoms with Crippen LogP contribution >= 0.6 is 0 Å². The van der Waals surface area contributed by atoms with Crippen LogP contribution in [0.3, 0.4) is 0 Å². The lowest BCUT2D eigenvalue weighted by atomic mass is 10.0. The fraction of sp³-hybridized carbons (Fsp3) is 0.250. The summed E-state index contributed by atoms with van der Waals surface area (Å²) in [6.07, 6.45) is 3.65. The van der Waals surface area contributed by atoms with Gasteiger partial charge in [0.15, 0.2) is 0 Å². The fourth-order valence-electron chi connectivity index (χ4n) is 3.40. The van der Waals surface area contributed by atoms with Crippen LogP contribution in [0.25, 0.3) is 10.9 Å². The molecule has 1 N–H and O–H groups in total. The third kappa shape index (κ3) is 2.64. The van der Waals surface area contributed by atoms with Crippen molar-refractivity contribution in [3.05, 3.63) is 65.4 Å². The van der Waals surface area contributed by atoms with Gasteiger partial charge in [0.1, 0.15) is 5.75 Å². The van der Waals surface area contributed by atoms with Crippen molar-refractivity contribution < 1.29 is 9.53 Å². The van der Waals surface area contributed by atoms with Crippen molar-refractivity contribution in [2.75, 3.05) is 20.2 Å². The predicted molar refractivity (Wildman–Crippen MR) is 94.6 cm³/mol.